The highest BCUT2D eigenvalue weighted by atomic mass is 16.3. The van der Waals surface area contributed by atoms with Crippen molar-refractivity contribution in [3.05, 3.63) is 90.4 Å². The van der Waals surface area contributed by atoms with E-state index >= 15 is 0 Å². The summed E-state index contributed by atoms with van der Waals surface area (Å²) in [5.74, 6) is 1.46. The number of hydrogen-bond donors (Lipinski definition) is 0. The third-order valence-electron chi connectivity index (χ3n) is 5.72. The van der Waals surface area contributed by atoms with Crippen molar-refractivity contribution in [2.24, 2.45) is 4.99 Å². The molecule has 0 aliphatic rings. The lowest BCUT2D eigenvalue weighted by molar-refractivity contribution is 0.428. The summed E-state index contributed by atoms with van der Waals surface area (Å²) in [6.07, 6.45) is 5.65. The predicted molar refractivity (Wildman–Crippen MR) is 138 cm³/mol. The van der Waals surface area contributed by atoms with Crippen LogP contribution in [0.4, 0.5) is 5.82 Å². The van der Waals surface area contributed by atoms with Gasteiger partial charge in [0.15, 0.2) is 5.82 Å². The summed E-state index contributed by atoms with van der Waals surface area (Å²) in [7, 11) is 0. The number of rotatable bonds is 10. The van der Waals surface area contributed by atoms with Gasteiger partial charge in [0, 0.05) is 18.7 Å². The van der Waals surface area contributed by atoms with E-state index in [4.69, 9.17) is 9.41 Å². The zero-order valence-electron chi connectivity index (χ0n) is 19.8. The molecule has 34 heavy (non-hydrogen) atoms. The summed E-state index contributed by atoms with van der Waals surface area (Å²) in [5, 5.41) is 10.4. The van der Waals surface area contributed by atoms with E-state index in [1.807, 2.05) is 67.0 Å². The van der Waals surface area contributed by atoms with E-state index in [0.717, 1.165) is 54.1 Å². The Morgan fingerprint density at radius 2 is 1.56 bits per heavy atom. The van der Waals surface area contributed by atoms with Gasteiger partial charge in [-0.05, 0) is 36.1 Å². The van der Waals surface area contributed by atoms with Crippen LogP contribution in [0.5, 0.6) is 0 Å². The second-order valence-electron chi connectivity index (χ2n) is 8.21. The van der Waals surface area contributed by atoms with Crippen LogP contribution in [0.3, 0.4) is 0 Å². The zero-order valence-corrected chi connectivity index (χ0v) is 19.8. The van der Waals surface area contributed by atoms with E-state index in [2.05, 4.69) is 41.5 Å². The second kappa shape index (κ2) is 11.2. The molecule has 5 nitrogen and oxygen atoms in total. The topological polar surface area (TPSA) is 57.5 Å². The average Bonchev–Trinajstić information content (AvgIpc) is 3.50. The van der Waals surface area contributed by atoms with Crippen molar-refractivity contribution >= 4 is 12.2 Å². The molecule has 0 saturated heterocycles. The Morgan fingerprint density at radius 3 is 2.12 bits per heavy atom. The first kappa shape index (κ1) is 23.1. The summed E-state index contributed by atoms with van der Waals surface area (Å²) in [5.41, 5.74) is 4.45. The van der Waals surface area contributed by atoms with Crippen LogP contribution in [-0.2, 0) is 6.54 Å². The van der Waals surface area contributed by atoms with Crippen molar-refractivity contribution in [2.75, 3.05) is 13.1 Å². The van der Waals surface area contributed by atoms with Gasteiger partial charge in [0.1, 0.15) is 17.4 Å². The van der Waals surface area contributed by atoms with Crippen LogP contribution in [0.2, 0.25) is 0 Å². The summed E-state index contributed by atoms with van der Waals surface area (Å²) < 4.78 is 7.82. The predicted octanol–water partition coefficient (Wildman–Crippen LogP) is 7.12. The number of aromatic nitrogens is 1. The fourth-order valence-corrected chi connectivity index (χ4v) is 4.28. The average molecular weight is 451 g/mol. The van der Waals surface area contributed by atoms with Crippen LogP contribution < -0.4 is 0 Å². The summed E-state index contributed by atoms with van der Waals surface area (Å²) in [6.45, 7) is 6.66. The van der Waals surface area contributed by atoms with E-state index in [1.54, 1.807) is 6.26 Å². The van der Waals surface area contributed by atoms with Gasteiger partial charge in [0.05, 0.1) is 24.8 Å². The first-order valence-corrected chi connectivity index (χ1v) is 11.8. The molecule has 4 rings (SSSR count). The Hall–Kier alpha value is -4.04. The normalized spacial score (nSPS) is 11.1. The van der Waals surface area contributed by atoms with Crippen LogP contribution in [0.1, 0.15) is 38.0 Å². The largest absolute Gasteiger partial charge is 0.467 e. The molecule has 0 aliphatic heterocycles. The van der Waals surface area contributed by atoms with E-state index in [1.165, 1.54) is 0 Å². The summed E-state index contributed by atoms with van der Waals surface area (Å²) >= 11 is 0. The van der Waals surface area contributed by atoms with Crippen molar-refractivity contribution in [1.29, 1.82) is 5.26 Å². The maximum Gasteiger partial charge on any atom is 0.153 e. The molecule has 2 heterocycles. The molecule has 2 aromatic heterocycles. The van der Waals surface area contributed by atoms with Crippen LogP contribution in [0.15, 0.2) is 88.5 Å². The van der Waals surface area contributed by atoms with Gasteiger partial charge in [0.25, 0.3) is 0 Å². The molecule has 0 radical (unpaired) electrons. The van der Waals surface area contributed by atoms with Crippen molar-refractivity contribution in [1.82, 2.24) is 9.47 Å². The lowest BCUT2D eigenvalue weighted by atomic mass is 9.98. The highest BCUT2D eigenvalue weighted by Gasteiger charge is 2.25. The summed E-state index contributed by atoms with van der Waals surface area (Å²) in [4.78, 5) is 7.15. The lowest BCUT2D eigenvalue weighted by Crippen LogP contribution is -2.23. The number of furan rings is 1. The fraction of sp³-hybridized carbons (Fsp3) is 0.241. The molecule has 0 amide bonds. The molecule has 0 spiro atoms. The fourth-order valence-electron chi connectivity index (χ4n) is 4.28. The monoisotopic (exact) mass is 450 g/mol. The van der Waals surface area contributed by atoms with Gasteiger partial charge >= 0.3 is 0 Å². The van der Waals surface area contributed by atoms with Gasteiger partial charge in [-0.3, -0.25) is 0 Å². The zero-order chi connectivity index (χ0) is 23.8. The molecule has 4 aromatic rings. The smallest absolute Gasteiger partial charge is 0.153 e. The van der Waals surface area contributed by atoms with E-state index < -0.39 is 0 Å². The Bertz CT molecular complexity index is 1240. The molecule has 0 atom stereocenters. The number of hydrogen-bond acceptors (Lipinski definition) is 3. The summed E-state index contributed by atoms with van der Waals surface area (Å²) in [6, 6.07) is 26.6. The minimum Gasteiger partial charge on any atom is -0.467 e. The van der Waals surface area contributed by atoms with E-state index in [-0.39, 0.29) is 0 Å². The van der Waals surface area contributed by atoms with Gasteiger partial charge in [-0.25, -0.2) is 4.99 Å². The number of nitrogens with zero attached hydrogens (tertiary/aromatic N) is 4. The Kier molecular flexibility index (Phi) is 7.62. The first-order valence-electron chi connectivity index (χ1n) is 11.8. The molecule has 2 aromatic carbocycles. The van der Waals surface area contributed by atoms with Crippen LogP contribution in [0.25, 0.3) is 22.4 Å². The van der Waals surface area contributed by atoms with Crippen LogP contribution >= 0.6 is 0 Å². The third kappa shape index (κ3) is 4.97. The minimum absolute atomic E-state index is 0.479. The van der Waals surface area contributed by atoms with Gasteiger partial charge in [-0.2, -0.15) is 5.26 Å². The SMILES string of the molecule is CCCN(/C=N/c1c(C#N)c(-c2ccccc2)c(-c2ccccc2)n1Cc1ccco1)CCC. The molecule has 0 fully saturated rings. The molecule has 0 N–H and O–H groups in total. The number of nitriles is 1. The maximum absolute atomic E-state index is 10.4. The van der Waals surface area contributed by atoms with Crippen LogP contribution in [-0.4, -0.2) is 28.9 Å². The molecule has 5 heteroatoms. The minimum atomic E-state index is 0.479. The molecular formula is C29H30N4O. The van der Waals surface area contributed by atoms with E-state index in [0.29, 0.717) is 17.9 Å². The van der Waals surface area contributed by atoms with Crippen molar-refractivity contribution in [3.63, 3.8) is 0 Å². The Balaban J connectivity index is 1.99. The molecule has 0 aliphatic carbocycles. The molecular weight excluding hydrogens is 420 g/mol. The standard InChI is InChI=1S/C29H30N4O/c1-3-17-32(18-4-2)22-31-29-26(20-30)27(23-12-7-5-8-13-23)28(24-14-9-6-10-15-24)33(29)21-25-16-11-19-34-25/h5-16,19,22H,3-4,17-18,21H2,1-2H3/b31-22+. The van der Waals surface area contributed by atoms with Gasteiger partial charge in [0.2, 0.25) is 0 Å². The van der Waals surface area contributed by atoms with Gasteiger partial charge < -0.3 is 13.9 Å². The Labute approximate surface area is 201 Å². The second-order valence-corrected chi connectivity index (χ2v) is 8.21. The first-order chi connectivity index (χ1) is 16.8. The number of aliphatic imine (C=N–C) groups is 1. The molecule has 0 unspecified atom stereocenters. The number of benzene rings is 2. The van der Waals surface area contributed by atoms with Gasteiger partial charge in [-0.1, -0.05) is 74.5 Å². The van der Waals surface area contributed by atoms with Gasteiger partial charge in [-0.15, -0.1) is 0 Å². The van der Waals surface area contributed by atoms with Crippen LogP contribution in [0, 0.1) is 11.3 Å². The van der Waals surface area contributed by atoms with Crippen molar-refractivity contribution in [3.8, 4) is 28.5 Å². The van der Waals surface area contributed by atoms with Crippen molar-refractivity contribution < 1.29 is 4.42 Å². The highest BCUT2D eigenvalue weighted by molar-refractivity contribution is 5.91. The highest BCUT2D eigenvalue weighted by Crippen LogP contribution is 2.43. The quantitative estimate of drug-likeness (QED) is 0.191. The maximum atomic E-state index is 10.4. The molecule has 0 bridgehead atoms. The van der Waals surface area contributed by atoms with Crippen molar-refractivity contribution in [2.45, 2.75) is 33.2 Å². The Morgan fingerprint density at radius 1 is 0.912 bits per heavy atom. The lowest BCUT2D eigenvalue weighted by Gasteiger charge is -2.17. The molecule has 0 saturated carbocycles. The third-order valence-corrected chi connectivity index (χ3v) is 5.72. The van der Waals surface area contributed by atoms with E-state index in [9.17, 15) is 5.26 Å². The molecule has 172 valence electrons.